The molecule has 0 spiro atoms. The van der Waals surface area contributed by atoms with Crippen molar-refractivity contribution in [3.8, 4) is 0 Å². The second kappa shape index (κ2) is 7.91. The van der Waals surface area contributed by atoms with Crippen molar-refractivity contribution in [3.63, 3.8) is 0 Å². The summed E-state index contributed by atoms with van der Waals surface area (Å²) in [5, 5.41) is 3.71. The maximum atomic E-state index is 12.5. The molecule has 118 valence electrons. The molecule has 6 heteroatoms. The number of benzene rings is 1. The van der Waals surface area contributed by atoms with Crippen molar-refractivity contribution in [1.82, 2.24) is 14.2 Å². The van der Waals surface area contributed by atoms with Crippen LogP contribution in [0.15, 0.2) is 36.4 Å². The molecule has 0 unspecified atom stereocenters. The van der Waals surface area contributed by atoms with Gasteiger partial charge < -0.3 is 9.80 Å². The fraction of sp³-hybridized carbons (Fsp3) is 0.375. The molecule has 0 aliphatic carbocycles. The average molecular weight is 318 g/mol. The number of hydrogen-bond acceptors (Lipinski definition) is 4. The Morgan fingerprint density at radius 2 is 1.95 bits per heavy atom. The van der Waals surface area contributed by atoms with E-state index in [0.29, 0.717) is 13.1 Å². The molecule has 0 aliphatic heterocycles. The molecule has 1 N–H and O–H groups in total. The lowest BCUT2D eigenvalue weighted by atomic mass is 10.2. The first-order chi connectivity index (χ1) is 10.5. The smallest absolute Gasteiger partial charge is 0.319 e. The van der Waals surface area contributed by atoms with Crippen molar-refractivity contribution in [3.05, 3.63) is 47.7 Å². The van der Waals surface area contributed by atoms with Crippen LogP contribution in [0.3, 0.4) is 0 Å². The van der Waals surface area contributed by atoms with Gasteiger partial charge in [0.15, 0.2) is 0 Å². The normalized spacial score (nSPS) is 10.7. The van der Waals surface area contributed by atoms with Crippen molar-refractivity contribution in [2.24, 2.45) is 0 Å². The Morgan fingerprint density at radius 1 is 1.23 bits per heavy atom. The number of carbonyl (C=O) groups excluding carboxylic acids is 1. The molecule has 0 bridgehead atoms. The Hall–Kier alpha value is -1.92. The van der Waals surface area contributed by atoms with Crippen LogP contribution in [0.25, 0.3) is 0 Å². The summed E-state index contributed by atoms with van der Waals surface area (Å²) in [6, 6.07) is 11.8. The lowest BCUT2D eigenvalue weighted by Gasteiger charge is -2.24. The summed E-state index contributed by atoms with van der Waals surface area (Å²) in [6.45, 7) is 4.01. The van der Waals surface area contributed by atoms with Crippen LogP contribution in [0.1, 0.15) is 11.3 Å². The van der Waals surface area contributed by atoms with Crippen molar-refractivity contribution >= 4 is 22.6 Å². The van der Waals surface area contributed by atoms with Gasteiger partial charge in [-0.05, 0) is 44.2 Å². The summed E-state index contributed by atoms with van der Waals surface area (Å²) in [5.74, 6) is 0. The van der Waals surface area contributed by atoms with Gasteiger partial charge in [-0.3, -0.25) is 5.32 Å². The molecule has 1 aromatic heterocycles. The second-order valence-electron chi connectivity index (χ2n) is 5.47. The van der Waals surface area contributed by atoms with Gasteiger partial charge in [-0.1, -0.05) is 30.3 Å². The summed E-state index contributed by atoms with van der Waals surface area (Å²) >= 11 is 1.31. The molecule has 22 heavy (non-hydrogen) atoms. The Balaban J connectivity index is 2.03. The third kappa shape index (κ3) is 5.13. The SMILES string of the molecule is Cc1cc(NC(=O)N(CCN(C)C)Cc2ccccc2)sn1. The number of urea groups is 1. The highest BCUT2D eigenvalue weighted by atomic mass is 32.1. The number of aromatic nitrogens is 1. The molecule has 0 fully saturated rings. The molecule has 0 radical (unpaired) electrons. The van der Waals surface area contributed by atoms with Gasteiger partial charge in [0.1, 0.15) is 5.00 Å². The Morgan fingerprint density at radius 3 is 2.55 bits per heavy atom. The predicted octanol–water partition coefficient (Wildman–Crippen LogP) is 3.05. The summed E-state index contributed by atoms with van der Waals surface area (Å²) in [5.41, 5.74) is 2.04. The van der Waals surface area contributed by atoms with Gasteiger partial charge >= 0.3 is 6.03 Å². The first-order valence-corrected chi connectivity index (χ1v) is 8.00. The molecule has 0 atom stereocenters. The van der Waals surface area contributed by atoms with Crippen LogP contribution in [0.4, 0.5) is 9.80 Å². The maximum Gasteiger partial charge on any atom is 0.322 e. The third-order valence-electron chi connectivity index (χ3n) is 3.18. The number of aryl methyl sites for hydroxylation is 1. The number of rotatable bonds is 6. The van der Waals surface area contributed by atoms with E-state index in [1.165, 1.54) is 11.5 Å². The number of hydrogen-bond donors (Lipinski definition) is 1. The van der Waals surface area contributed by atoms with Crippen molar-refractivity contribution in [2.45, 2.75) is 13.5 Å². The lowest BCUT2D eigenvalue weighted by Crippen LogP contribution is -2.38. The molecule has 2 amide bonds. The fourth-order valence-electron chi connectivity index (χ4n) is 1.98. The molecule has 0 saturated heterocycles. The quantitative estimate of drug-likeness (QED) is 0.890. The molecular formula is C16H22N4OS. The minimum atomic E-state index is -0.0886. The topological polar surface area (TPSA) is 48.5 Å². The van der Waals surface area contributed by atoms with E-state index in [-0.39, 0.29) is 6.03 Å². The van der Waals surface area contributed by atoms with Crippen LogP contribution in [-0.2, 0) is 6.54 Å². The Bertz CT molecular complexity index is 597. The molecule has 1 aromatic carbocycles. The van der Waals surface area contributed by atoms with Crippen molar-refractivity contribution < 1.29 is 4.79 Å². The molecule has 1 heterocycles. The van der Waals surface area contributed by atoms with Gasteiger partial charge in [0, 0.05) is 19.6 Å². The molecule has 5 nitrogen and oxygen atoms in total. The number of amides is 2. The van der Waals surface area contributed by atoms with E-state index in [1.807, 2.05) is 62.3 Å². The highest BCUT2D eigenvalue weighted by Crippen LogP contribution is 2.16. The number of nitrogens with zero attached hydrogens (tertiary/aromatic N) is 3. The first kappa shape index (κ1) is 16.5. The zero-order valence-electron chi connectivity index (χ0n) is 13.2. The molecule has 0 aliphatic rings. The zero-order valence-corrected chi connectivity index (χ0v) is 14.1. The highest BCUT2D eigenvalue weighted by molar-refractivity contribution is 7.10. The largest absolute Gasteiger partial charge is 0.322 e. The molecule has 0 saturated carbocycles. The first-order valence-electron chi connectivity index (χ1n) is 7.22. The number of likely N-dealkylation sites (N-methyl/N-ethyl adjacent to an activating group) is 1. The minimum absolute atomic E-state index is 0.0886. The zero-order chi connectivity index (χ0) is 15.9. The van der Waals surface area contributed by atoms with Gasteiger partial charge in [0.05, 0.1) is 5.69 Å². The number of anilines is 1. The second-order valence-corrected chi connectivity index (χ2v) is 6.28. The predicted molar refractivity (Wildman–Crippen MR) is 91.3 cm³/mol. The molecule has 2 rings (SSSR count). The van der Waals surface area contributed by atoms with Gasteiger partial charge in [-0.25, -0.2) is 4.79 Å². The van der Waals surface area contributed by atoms with Crippen LogP contribution in [0.2, 0.25) is 0 Å². The van der Waals surface area contributed by atoms with Crippen LogP contribution in [0.5, 0.6) is 0 Å². The van der Waals surface area contributed by atoms with Crippen LogP contribution in [-0.4, -0.2) is 47.4 Å². The van der Waals surface area contributed by atoms with Crippen LogP contribution < -0.4 is 5.32 Å². The van der Waals surface area contributed by atoms with Crippen LogP contribution >= 0.6 is 11.5 Å². The van der Waals surface area contributed by atoms with Crippen LogP contribution in [0, 0.1) is 6.92 Å². The fourth-order valence-corrected chi connectivity index (χ4v) is 2.64. The van der Waals surface area contributed by atoms with Gasteiger partial charge in [0.25, 0.3) is 0 Å². The van der Waals surface area contributed by atoms with E-state index in [0.717, 1.165) is 22.8 Å². The Labute approximate surface area is 135 Å². The van der Waals surface area contributed by atoms with Gasteiger partial charge in [-0.15, -0.1) is 0 Å². The average Bonchev–Trinajstić information content (AvgIpc) is 2.89. The number of carbonyl (C=O) groups is 1. The third-order valence-corrected chi connectivity index (χ3v) is 3.97. The summed E-state index contributed by atoms with van der Waals surface area (Å²) in [6.07, 6.45) is 0. The van der Waals surface area contributed by atoms with E-state index in [2.05, 4.69) is 14.6 Å². The molecule has 2 aromatic rings. The van der Waals surface area contributed by atoms with Gasteiger partial charge in [0.2, 0.25) is 0 Å². The standard InChI is InChI=1S/C16H22N4OS/c1-13-11-15(22-18-13)17-16(21)20(10-9-19(2)3)12-14-7-5-4-6-8-14/h4-8,11H,9-10,12H2,1-3H3,(H,17,21). The van der Waals surface area contributed by atoms with E-state index in [9.17, 15) is 4.79 Å². The lowest BCUT2D eigenvalue weighted by molar-refractivity contribution is 0.202. The monoisotopic (exact) mass is 318 g/mol. The van der Waals surface area contributed by atoms with E-state index in [1.54, 1.807) is 0 Å². The Kier molecular flexibility index (Phi) is 5.91. The van der Waals surface area contributed by atoms with Crippen molar-refractivity contribution in [2.75, 3.05) is 32.5 Å². The van der Waals surface area contributed by atoms with Crippen molar-refractivity contribution in [1.29, 1.82) is 0 Å². The summed E-state index contributed by atoms with van der Waals surface area (Å²) in [7, 11) is 4.01. The number of nitrogens with one attached hydrogen (secondary N) is 1. The summed E-state index contributed by atoms with van der Waals surface area (Å²) < 4.78 is 4.19. The van der Waals surface area contributed by atoms with E-state index >= 15 is 0 Å². The van der Waals surface area contributed by atoms with E-state index in [4.69, 9.17) is 0 Å². The maximum absolute atomic E-state index is 12.5. The van der Waals surface area contributed by atoms with Gasteiger partial charge in [-0.2, -0.15) is 4.37 Å². The summed E-state index contributed by atoms with van der Waals surface area (Å²) in [4.78, 5) is 16.4. The highest BCUT2D eigenvalue weighted by Gasteiger charge is 2.15. The minimum Gasteiger partial charge on any atom is -0.319 e. The van der Waals surface area contributed by atoms with E-state index < -0.39 is 0 Å². The molecular weight excluding hydrogens is 296 g/mol.